The maximum atomic E-state index is 13.6. The molecule has 0 aromatic heterocycles. The summed E-state index contributed by atoms with van der Waals surface area (Å²) in [5.41, 5.74) is -1.30. The van der Waals surface area contributed by atoms with Crippen LogP contribution in [0.5, 0.6) is 17.2 Å². The summed E-state index contributed by atoms with van der Waals surface area (Å²) in [5, 5.41) is 11.3. The number of amides is 1. The number of anilines is 1. The molecule has 1 aliphatic heterocycles. The Balaban J connectivity index is 1.62. The second-order valence-corrected chi connectivity index (χ2v) is 9.12. The highest BCUT2D eigenvalue weighted by Crippen LogP contribution is 2.41. The molecule has 0 bridgehead atoms. The minimum Gasteiger partial charge on any atom is -0.493 e. The summed E-state index contributed by atoms with van der Waals surface area (Å²) in [7, 11) is 1.30. The highest BCUT2D eigenvalue weighted by Gasteiger charge is 2.34. The van der Waals surface area contributed by atoms with Gasteiger partial charge in [-0.2, -0.15) is 13.2 Å². The van der Waals surface area contributed by atoms with Crippen molar-refractivity contribution >= 4 is 51.7 Å². The van der Waals surface area contributed by atoms with Crippen LogP contribution in [0.2, 0.25) is 0 Å². The predicted molar refractivity (Wildman–Crippen MR) is 133 cm³/mol. The smallest absolute Gasteiger partial charge is 0.416 e. The van der Waals surface area contributed by atoms with Gasteiger partial charge in [-0.25, -0.2) is 4.39 Å². The summed E-state index contributed by atoms with van der Waals surface area (Å²) in [6.07, 6.45) is -3.25. The van der Waals surface area contributed by atoms with E-state index in [0.717, 1.165) is 17.8 Å². The highest BCUT2D eigenvalue weighted by atomic mass is 32.2. The second kappa shape index (κ2) is 10.2. The molecule has 0 spiro atoms. The zero-order valence-electron chi connectivity index (χ0n) is 18.6. The van der Waals surface area contributed by atoms with E-state index in [9.17, 15) is 32.5 Å². The third-order valence-corrected chi connectivity index (χ3v) is 6.35. The molecular formula is C24H14F4N2O5S2. The number of nitro benzene ring substituents is 1. The van der Waals surface area contributed by atoms with E-state index >= 15 is 0 Å². The van der Waals surface area contributed by atoms with Crippen LogP contribution in [0.3, 0.4) is 0 Å². The number of hydrogen-bond acceptors (Lipinski definition) is 7. The lowest BCUT2D eigenvalue weighted by atomic mass is 10.1. The Bertz CT molecular complexity index is 1460. The number of thiocarbonyl (C=S) groups is 1. The minimum atomic E-state index is -4.77. The van der Waals surface area contributed by atoms with Crippen molar-refractivity contribution in [3.05, 3.63) is 92.6 Å². The van der Waals surface area contributed by atoms with E-state index in [1.165, 1.54) is 54.5 Å². The maximum Gasteiger partial charge on any atom is 0.416 e. The SMILES string of the molecule is COc1cc(/C=C2\SC(=S)N(c3cccc(F)c3)C2=O)ccc1Oc1ccc(C(F)(F)F)cc1[N+](=O)[O-]. The number of thioether (sulfide) groups is 1. The molecule has 4 rings (SSSR count). The van der Waals surface area contributed by atoms with E-state index in [0.29, 0.717) is 17.7 Å². The average molecular weight is 551 g/mol. The minimum absolute atomic E-state index is 0.00480. The second-order valence-electron chi connectivity index (χ2n) is 7.45. The summed E-state index contributed by atoms with van der Waals surface area (Å²) in [6.45, 7) is 0. The van der Waals surface area contributed by atoms with Gasteiger partial charge in [-0.05, 0) is 54.1 Å². The molecule has 0 aliphatic carbocycles. The van der Waals surface area contributed by atoms with Crippen LogP contribution in [-0.4, -0.2) is 22.3 Å². The zero-order chi connectivity index (χ0) is 26.9. The van der Waals surface area contributed by atoms with E-state index in [2.05, 4.69) is 0 Å². The van der Waals surface area contributed by atoms with Crippen molar-refractivity contribution in [2.75, 3.05) is 12.0 Å². The number of carbonyl (C=O) groups excluding carboxylic acids is 1. The molecule has 3 aromatic carbocycles. The quantitative estimate of drug-likeness (QED) is 0.108. The number of carbonyl (C=O) groups is 1. The lowest BCUT2D eigenvalue weighted by Crippen LogP contribution is -2.27. The van der Waals surface area contributed by atoms with Crippen LogP contribution >= 0.6 is 24.0 Å². The Morgan fingerprint density at radius 3 is 2.43 bits per heavy atom. The van der Waals surface area contributed by atoms with Crippen LogP contribution in [0.1, 0.15) is 11.1 Å². The molecule has 0 unspecified atom stereocenters. The molecule has 190 valence electrons. The van der Waals surface area contributed by atoms with Gasteiger partial charge in [0, 0.05) is 6.07 Å². The molecule has 1 saturated heterocycles. The van der Waals surface area contributed by atoms with Gasteiger partial charge < -0.3 is 9.47 Å². The number of rotatable bonds is 6. The van der Waals surface area contributed by atoms with Gasteiger partial charge in [0.25, 0.3) is 5.91 Å². The molecule has 13 heteroatoms. The number of hydrogen-bond donors (Lipinski definition) is 0. The van der Waals surface area contributed by atoms with Crippen LogP contribution in [0.4, 0.5) is 28.9 Å². The zero-order valence-corrected chi connectivity index (χ0v) is 20.2. The first-order valence-corrected chi connectivity index (χ1v) is 11.5. The number of nitrogens with zero attached hydrogens (tertiary/aromatic N) is 2. The van der Waals surface area contributed by atoms with Gasteiger partial charge in [0.05, 0.1) is 28.2 Å². The topological polar surface area (TPSA) is 81.9 Å². The molecule has 37 heavy (non-hydrogen) atoms. The first-order valence-electron chi connectivity index (χ1n) is 10.2. The number of halogens is 4. The molecular weight excluding hydrogens is 536 g/mol. The fourth-order valence-corrected chi connectivity index (χ4v) is 4.66. The van der Waals surface area contributed by atoms with Gasteiger partial charge in [0.15, 0.2) is 15.8 Å². The van der Waals surface area contributed by atoms with E-state index in [-0.39, 0.29) is 26.4 Å². The van der Waals surface area contributed by atoms with Crippen LogP contribution in [-0.2, 0) is 11.0 Å². The summed E-state index contributed by atoms with van der Waals surface area (Å²) in [6, 6.07) is 11.7. The lowest BCUT2D eigenvalue weighted by molar-refractivity contribution is -0.385. The van der Waals surface area contributed by atoms with Gasteiger partial charge in [-0.1, -0.05) is 36.1 Å². The number of methoxy groups -OCH3 is 1. The highest BCUT2D eigenvalue weighted by molar-refractivity contribution is 8.27. The van der Waals surface area contributed by atoms with Crippen molar-refractivity contribution in [1.82, 2.24) is 0 Å². The van der Waals surface area contributed by atoms with Crippen LogP contribution < -0.4 is 14.4 Å². The summed E-state index contributed by atoms with van der Waals surface area (Å²) in [4.78, 5) is 24.7. The standard InChI is InChI=1S/C24H14F4N2O5S2/c1-34-20-9-13(10-21-22(31)29(23(36)37-21)16-4-2-3-15(25)12-16)5-7-19(20)35-18-8-6-14(24(26,27)28)11-17(18)30(32)33/h2-12H,1H3/b21-10-. The average Bonchev–Trinajstić information content (AvgIpc) is 3.11. The van der Waals surface area contributed by atoms with Gasteiger partial charge >= 0.3 is 11.9 Å². The third kappa shape index (κ3) is 5.57. The largest absolute Gasteiger partial charge is 0.493 e. The van der Waals surface area contributed by atoms with Crippen molar-refractivity contribution in [2.45, 2.75) is 6.18 Å². The van der Waals surface area contributed by atoms with E-state index in [1.54, 1.807) is 6.07 Å². The Morgan fingerprint density at radius 2 is 1.78 bits per heavy atom. The van der Waals surface area contributed by atoms with Crippen LogP contribution in [0, 0.1) is 15.9 Å². The molecule has 0 atom stereocenters. The first kappa shape index (κ1) is 26.1. The Labute approximate surface area is 216 Å². The fourth-order valence-electron chi connectivity index (χ4n) is 3.36. The van der Waals surface area contributed by atoms with E-state index in [4.69, 9.17) is 21.7 Å². The Hall–Kier alpha value is -3.97. The molecule has 1 heterocycles. The Kier molecular flexibility index (Phi) is 7.18. The molecule has 0 saturated carbocycles. The van der Waals surface area contributed by atoms with E-state index in [1.807, 2.05) is 0 Å². The van der Waals surface area contributed by atoms with Crippen LogP contribution in [0.15, 0.2) is 65.6 Å². The molecule has 0 radical (unpaired) electrons. The predicted octanol–water partition coefficient (Wildman–Crippen LogP) is 6.96. The van der Waals surface area contributed by atoms with Crippen molar-refractivity contribution in [3.8, 4) is 17.2 Å². The van der Waals surface area contributed by atoms with Gasteiger partial charge in [0.2, 0.25) is 5.75 Å². The fraction of sp³-hybridized carbons (Fsp3) is 0.0833. The molecule has 1 amide bonds. The van der Waals surface area contributed by atoms with Crippen molar-refractivity contribution in [1.29, 1.82) is 0 Å². The maximum absolute atomic E-state index is 13.6. The Morgan fingerprint density at radius 1 is 1.05 bits per heavy atom. The van der Waals surface area contributed by atoms with Gasteiger partial charge in [0.1, 0.15) is 5.82 Å². The van der Waals surface area contributed by atoms with Gasteiger partial charge in [-0.15, -0.1) is 0 Å². The number of ether oxygens (including phenoxy) is 2. The molecule has 3 aromatic rings. The number of benzene rings is 3. The third-order valence-electron chi connectivity index (χ3n) is 5.05. The van der Waals surface area contributed by atoms with Crippen molar-refractivity contribution < 1.29 is 36.8 Å². The van der Waals surface area contributed by atoms with Crippen molar-refractivity contribution in [3.63, 3.8) is 0 Å². The van der Waals surface area contributed by atoms with E-state index < -0.39 is 39.8 Å². The van der Waals surface area contributed by atoms with Gasteiger partial charge in [-0.3, -0.25) is 19.8 Å². The molecule has 1 aliphatic rings. The lowest BCUT2D eigenvalue weighted by Gasteiger charge is -2.14. The first-order chi connectivity index (χ1) is 17.5. The molecule has 7 nitrogen and oxygen atoms in total. The summed E-state index contributed by atoms with van der Waals surface area (Å²) < 4.78 is 63.5. The summed E-state index contributed by atoms with van der Waals surface area (Å²) in [5.74, 6) is -1.30. The number of alkyl halides is 3. The van der Waals surface area contributed by atoms with Crippen molar-refractivity contribution in [2.24, 2.45) is 0 Å². The monoisotopic (exact) mass is 550 g/mol. The normalized spacial score (nSPS) is 14.8. The van der Waals surface area contributed by atoms with Crippen LogP contribution in [0.25, 0.3) is 6.08 Å². The molecule has 1 fully saturated rings. The summed E-state index contributed by atoms with van der Waals surface area (Å²) >= 11 is 6.29. The number of nitro groups is 1. The molecule has 0 N–H and O–H groups in total.